The van der Waals surface area contributed by atoms with E-state index in [4.69, 9.17) is 0 Å². The quantitative estimate of drug-likeness (QED) is 0.195. The lowest BCUT2D eigenvalue weighted by Gasteiger charge is -2.44. The van der Waals surface area contributed by atoms with Crippen molar-refractivity contribution in [1.29, 1.82) is 0 Å². The third-order valence-electron chi connectivity index (χ3n) is 17.2. The zero-order valence-corrected chi connectivity index (χ0v) is 39.1. The molecule has 2 spiro atoms. The fourth-order valence-corrected chi connectivity index (χ4v) is 14.2. The number of piperidine rings is 1. The first-order chi connectivity index (χ1) is 28.5. The molecule has 4 saturated carbocycles. The number of carbonyl (C=O) groups excluding carboxylic acids is 5. The van der Waals surface area contributed by atoms with E-state index in [1.807, 2.05) is 20.8 Å². The van der Waals surface area contributed by atoms with E-state index >= 15 is 4.79 Å². The Hall–Kier alpha value is -3.04. The molecule has 3 heterocycles. The van der Waals surface area contributed by atoms with Gasteiger partial charge in [-0.3, -0.25) is 28.9 Å². The van der Waals surface area contributed by atoms with Gasteiger partial charge in [0, 0.05) is 37.0 Å². The maximum Gasteiger partial charge on any atom is 0.303 e. The predicted octanol–water partition coefficient (Wildman–Crippen LogP) is 4.55. The zero-order chi connectivity index (χ0) is 44.6. The van der Waals surface area contributed by atoms with E-state index < -0.39 is 68.3 Å². The van der Waals surface area contributed by atoms with Crippen molar-refractivity contribution < 1.29 is 32.4 Å². The number of nitrogens with one attached hydrogen (secondary N) is 4. The number of nitrogens with zero attached hydrogens (tertiary/aromatic N) is 3. The van der Waals surface area contributed by atoms with Gasteiger partial charge in [-0.1, -0.05) is 79.7 Å². The van der Waals surface area contributed by atoms with Crippen molar-refractivity contribution in [2.24, 2.45) is 33.0 Å². The van der Waals surface area contributed by atoms with Gasteiger partial charge in [0.1, 0.15) is 23.7 Å². The van der Waals surface area contributed by atoms with Gasteiger partial charge in [-0.05, 0) is 106 Å². The molecule has 14 nitrogen and oxygen atoms in total. The van der Waals surface area contributed by atoms with Gasteiger partial charge in [0.25, 0.3) is 5.91 Å². The fraction of sp³-hybridized carbons (Fsp3) is 0.848. The van der Waals surface area contributed by atoms with E-state index in [0.717, 1.165) is 77.2 Å². The van der Waals surface area contributed by atoms with Crippen LogP contribution in [0.2, 0.25) is 0 Å². The Morgan fingerprint density at radius 1 is 0.770 bits per heavy atom. The molecule has 0 bridgehead atoms. The molecule has 0 aromatic rings. The van der Waals surface area contributed by atoms with Gasteiger partial charge >= 0.3 is 10.2 Å². The van der Waals surface area contributed by atoms with E-state index in [9.17, 15) is 27.6 Å². The Morgan fingerprint density at radius 3 is 1.95 bits per heavy atom. The van der Waals surface area contributed by atoms with Gasteiger partial charge in [-0.2, -0.15) is 12.7 Å². The van der Waals surface area contributed by atoms with Crippen LogP contribution in [0, 0.1) is 33.0 Å². The van der Waals surface area contributed by atoms with Crippen molar-refractivity contribution in [1.82, 2.24) is 34.8 Å². The Morgan fingerprint density at radius 2 is 1.41 bits per heavy atom. The van der Waals surface area contributed by atoms with Crippen LogP contribution in [-0.2, 0) is 34.2 Å². The smallest absolute Gasteiger partial charge is 0.303 e. The highest BCUT2D eigenvalue weighted by Gasteiger charge is 2.85. The minimum absolute atomic E-state index is 0.0237. The lowest BCUT2D eigenvalue weighted by molar-refractivity contribution is -0.146. The number of rotatable bonds is 13. The molecule has 0 aromatic carbocycles. The third-order valence-corrected chi connectivity index (χ3v) is 18.7. The van der Waals surface area contributed by atoms with Crippen molar-refractivity contribution in [3.05, 3.63) is 12.7 Å². The van der Waals surface area contributed by atoms with E-state index in [1.54, 1.807) is 11.0 Å². The van der Waals surface area contributed by atoms with Crippen molar-refractivity contribution in [3.8, 4) is 0 Å². The number of amides is 5. The van der Waals surface area contributed by atoms with Crippen molar-refractivity contribution in [3.63, 3.8) is 0 Å². The van der Waals surface area contributed by atoms with Crippen LogP contribution >= 0.6 is 0 Å². The molecular formula is C46H75N7O7S. The summed E-state index contributed by atoms with van der Waals surface area (Å²) in [7, 11) is -4.11. The number of hydrogen-bond donors (Lipinski definition) is 4. The van der Waals surface area contributed by atoms with Crippen molar-refractivity contribution in [2.45, 2.75) is 187 Å². The van der Waals surface area contributed by atoms with Crippen molar-refractivity contribution >= 4 is 39.7 Å². The van der Waals surface area contributed by atoms with Crippen LogP contribution in [0.15, 0.2) is 12.7 Å². The number of hydrogen-bond acceptors (Lipinski definition) is 8. The van der Waals surface area contributed by atoms with Crippen LogP contribution in [0.4, 0.5) is 0 Å². The lowest BCUT2D eigenvalue weighted by Crippen LogP contribution is -2.65. The van der Waals surface area contributed by atoms with Gasteiger partial charge in [0.2, 0.25) is 23.6 Å². The van der Waals surface area contributed by atoms with E-state index in [0.29, 0.717) is 38.9 Å². The minimum atomic E-state index is -4.11. The van der Waals surface area contributed by atoms with Crippen molar-refractivity contribution in [2.75, 3.05) is 26.2 Å². The number of fused-ring (bicyclic) bond motifs is 1. The summed E-state index contributed by atoms with van der Waals surface area (Å²) in [4.78, 5) is 77.1. The first-order valence-corrected chi connectivity index (χ1v) is 24.9. The van der Waals surface area contributed by atoms with Crippen LogP contribution in [0.25, 0.3) is 0 Å². The summed E-state index contributed by atoms with van der Waals surface area (Å²) in [6, 6.07) is -3.02. The third kappa shape index (κ3) is 7.75. The topological polar surface area (TPSA) is 177 Å². The molecule has 7 rings (SSSR count). The standard InChI is InChI=1S/C46H75N7O7S/c1-10-31-27-46(31,40(58)50-61(59,60)51-24-16-17-25-51)49-37(55)33-28-45(42(7,8)44(45)22-18-23-44)29-53(33)39(57)35(41(4,5)6)48-38(56)34(43(9)20-13-11-14-21-43)47-36(54)32-19-12-15-26-52(32)30(2)3/h10,30-35H,1,11-29H2,2-9H3,(H,47,54)(H,48,56)(H,49,55)(H,50,58)/t31-,32?,33+,34-,35-,45-,46-/m1/s1. The summed E-state index contributed by atoms with van der Waals surface area (Å²) in [5, 5.41) is 9.41. The normalized spacial score (nSPS) is 32.7. The molecule has 3 aliphatic heterocycles. The van der Waals surface area contributed by atoms with Gasteiger partial charge in [0.15, 0.2) is 0 Å². The highest BCUT2D eigenvalue weighted by Crippen LogP contribution is 2.88. The number of carbonyl (C=O) groups is 5. The largest absolute Gasteiger partial charge is 0.342 e. The average Bonchev–Trinajstić information content (AvgIpc) is 3.63. The zero-order valence-electron chi connectivity index (χ0n) is 38.3. The van der Waals surface area contributed by atoms with Crippen LogP contribution in [0.3, 0.4) is 0 Å². The second-order valence-electron chi connectivity index (χ2n) is 22.2. The maximum atomic E-state index is 15.4. The molecule has 0 radical (unpaired) electrons. The fourth-order valence-electron chi connectivity index (χ4n) is 12.9. The Labute approximate surface area is 365 Å². The maximum absolute atomic E-state index is 15.4. The summed E-state index contributed by atoms with van der Waals surface area (Å²) in [5.41, 5.74) is -3.34. The Kier molecular flexibility index (Phi) is 12.2. The van der Waals surface area contributed by atoms with Gasteiger partial charge in [0.05, 0.1) is 6.04 Å². The molecule has 7 atom stereocenters. The second kappa shape index (κ2) is 16.2. The monoisotopic (exact) mass is 870 g/mol. The molecule has 1 unspecified atom stereocenters. The van der Waals surface area contributed by atoms with Crippen LogP contribution in [-0.4, -0.2) is 114 Å². The van der Waals surface area contributed by atoms with Crippen LogP contribution in [0.1, 0.15) is 152 Å². The Bertz CT molecular complexity index is 1880. The molecular weight excluding hydrogens is 795 g/mol. The summed E-state index contributed by atoms with van der Waals surface area (Å²) >= 11 is 0. The van der Waals surface area contributed by atoms with E-state index in [1.165, 1.54) is 4.31 Å². The molecule has 342 valence electrons. The van der Waals surface area contributed by atoms with Gasteiger partial charge in [-0.15, -0.1) is 6.58 Å². The van der Waals surface area contributed by atoms with Gasteiger partial charge < -0.3 is 20.9 Å². The average molecular weight is 870 g/mol. The molecule has 15 heteroatoms. The highest BCUT2D eigenvalue weighted by atomic mass is 32.2. The molecule has 7 fully saturated rings. The van der Waals surface area contributed by atoms with E-state index in [2.05, 4.69) is 66.8 Å². The molecule has 0 aromatic heterocycles. The SMILES string of the molecule is C=C[C@@H]1C[C@]1(NC(=O)[C@@H]1C[C@@]2(CN1C(=O)[C@@H](NC(=O)[C@@H](NC(=O)C1CCCCN1C(C)C)C1(C)CCCCC1)C(C)(C)C)C(C)(C)C21CCC1)C(=O)NS(=O)(=O)N1CCCC1. The summed E-state index contributed by atoms with van der Waals surface area (Å²) in [5.74, 6) is -2.73. The number of likely N-dealkylation sites (tertiary alicyclic amines) is 2. The minimum Gasteiger partial charge on any atom is -0.342 e. The molecule has 4 aliphatic carbocycles. The predicted molar refractivity (Wildman–Crippen MR) is 234 cm³/mol. The summed E-state index contributed by atoms with van der Waals surface area (Å²) in [6.07, 6.45) is 13.8. The Balaban J connectivity index is 1.17. The second-order valence-corrected chi connectivity index (χ2v) is 23.9. The van der Waals surface area contributed by atoms with Crippen LogP contribution < -0.4 is 20.7 Å². The molecule has 61 heavy (non-hydrogen) atoms. The van der Waals surface area contributed by atoms with Crippen LogP contribution in [0.5, 0.6) is 0 Å². The first kappa shape index (κ1) is 46.0. The molecule has 3 saturated heterocycles. The lowest BCUT2D eigenvalue weighted by atomic mass is 9.70. The molecule has 7 aliphatic rings. The molecule has 5 amide bonds. The van der Waals surface area contributed by atoms with E-state index in [-0.39, 0.29) is 46.6 Å². The molecule has 4 N–H and O–H groups in total. The first-order valence-electron chi connectivity index (χ1n) is 23.4. The highest BCUT2D eigenvalue weighted by molar-refractivity contribution is 7.87. The summed E-state index contributed by atoms with van der Waals surface area (Å²) < 4.78 is 29.9. The van der Waals surface area contributed by atoms with Gasteiger partial charge in [-0.25, -0.2) is 4.72 Å². The summed E-state index contributed by atoms with van der Waals surface area (Å²) in [6.45, 7) is 22.1.